The molecule has 0 aromatic heterocycles. The molecule has 0 unspecified atom stereocenters. The number of aryl methyl sites for hydroxylation is 1. The summed E-state index contributed by atoms with van der Waals surface area (Å²) < 4.78 is 41.1. The van der Waals surface area contributed by atoms with Crippen molar-refractivity contribution in [3.8, 4) is 11.1 Å². The molecule has 2 aromatic carbocycles. The molecule has 0 radical (unpaired) electrons. The Morgan fingerprint density at radius 3 is 2.29 bits per heavy atom. The highest BCUT2D eigenvalue weighted by Gasteiger charge is 2.16. The van der Waals surface area contributed by atoms with Crippen molar-refractivity contribution in [3.63, 3.8) is 0 Å². The topological polar surface area (TPSA) is 12.0 Å². The molecule has 112 valence electrons. The maximum Gasteiger partial charge on any atom is 0.136 e. The summed E-state index contributed by atoms with van der Waals surface area (Å²) in [7, 11) is 0. The van der Waals surface area contributed by atoms with Gasteiger partial charge in [-0.15, -0.1) is 0 Å². The Morgan fingerprint density at radius 2 is 1.67 bits per heavy atom. The van der Waals surface area contributed by atoms with Crippen molar-refractivity contribution in [2.75, 3.05) is 6.54 Å². The third kappa shape index (κ3) is 3.64. The van der Waals surface area contributed by atoms with Crippen molar-refractivity contribution in [1.82, 2.24) is 5.32 Å². The first-order chi connectivity index (χ1) is 10.0. The second kappa shape index (κ2) is 6.76. The third-order valence-corrected chi connectivity index (χ3v) is 3.28. The first kappa shape index (κ1) is 15.6. The van der Waals surface area contributed by atoms with Crippen molar-refractivity contribution in [2.45, 2.75) is 26.8 Å². The fourth-order valence-corrected chi connectivity index (χ4v) is 2.28. The van der Waals surface area contributed by atoms with E-state index in [0.717, 1.165) is 24.1 Å². The molecule has 0 aliphatic carbocycles. The number of halogens is 3. The largest absolute Gasteiger partial charge is 0.313 e. The van der Waals surface area contributed by atoms with E-state index in [1.165, 1.54) is 0 Å². The molecule has 0 atom stereocenters. The molecule has 0 heterocycles. The van der Waals surface area contributed by atoms with E-state index < -0.39 is 17.5 Å². The molecule has 0 aliphatic heterocycles. The zero-order valence-corrected chi connectivity index (χ0v) is 12.1. The molecule has 0 aliphatic rings. The summed E-state index contributed by atoms with van der Waals surface area (Å²) in [5.74, 6) is -2.67. The van der Waals surface area contributed by atoms with Crippen LogP contribution in [0, 0.1) is 24.4 Å². The Hall–Kier alpha value is -1.81. The third-order valence-electron chi connectivity index (χ3n) is 3.28. The van der Waals surface area contributed by atoms with Crippen LogP contribution in [0.3, 0.4) is 0 Å². The van der Waals surface area contributed by atoms with Gasteiger partial charge in [-0.3, -0.25) is 0 Å². The summed E-state index contributed by atoms with van der Waals surface area (Å²) in [6, 6.07) is 6.89. The molecule has 2 rings (SSSR count). The minimum atomic E-state index is -0.910. The van der Waals surface area contributed by atoms with E-state index >= 15 is 0 Å². The van der Waals surface area contributed by atoms with Crippen LogP contribution in [-0.4, -0.2) is 6.54 Å². The zero-order chi connectivity index (χ0) is 15.4. The van der Waals surface area contributed by atoms with Crippen LogP contribution in [-0.2, 0) is 6.54 Å². The van der Waals surface area contributed by atoms with Crippen molar-refractivity contribution < 1.29 is 13.2 Å². The molecule has 0 fully saturated rings. The minimum Gasteiger partial charge on any atom is -0.313 e. The molecule has 0 saturated heterocycles. The molecule has 2 aromatic rings. The van der Waals surface area contributed by atoms with E-state index in [0.29, 0.717) is 24.2 Å². The molecule has 0 spiro atoms. The quantitative estimate of drug-likeness (QED) is 0.796. The van der Waals surface area contributed by atoms with E-state index in [-0.39, 0.29) is 5.56 Å². The normalized spacial score (nSPS) is 10.9. The highest BCUT2D eigenvalue weighted by atomic mass is 19.1. The molecule has 0 amide bonds. The van der Waals surface area contributed by atoms with Crippen molar-refractivity contribution in [3.05, 3.63) is 58.9 Å². The maximum absolute atomic E-state index is 14.0. The van der Waals surface area contributed by atoms with E-state index in [1.807, 2.05) is 26.0 Å². The number of benzene rings is 2. The van der Waals surface area contributed by atoms with Crippen LogP contribution in [0.2, 0.25) is 0 Å². The molecular weight excluding hydrogens is 275 g/mol. The maximum atomic E-state index is 14.0. The average molecular weight is 293 g/mol. The summed E-state index contributed by atoms with van der Waals surface area (Å²) in [6.07, 6.45) is 0.973. The summed E-state index contributed by atoms with van der Waals surface area (Å²) in [5.41, 5.74) is 1.98. The van der Waals surface area contributed by atoms with Gasteiger partial charge in [0, 0.05) is 18.7 Å². The highest BCUT2D eigenvalue weighted by molar-refractivity contribution is 5.69. The Kier molecular flexibility index (Phi) is 5.02. The number of rotatable bonds is 5. The second-order valence-corrected chi connectivity index (χ2v) is 5.08. The van der Waals surface area contributed by atoms with Gasteiger partial charge in [-0.1, -0.05) is 30.7 Å². The summed E-state index contributed by atoms with van der Waals surface area (Å²) >= 11 is 0. The summed E-state index contributed by atoms with van der Waals surface area (Å²) in [5, 5.41) is 3.21. The van der Waals surface area contributed by atoms with Gasteiger partial charge >= 0.3 is 0 Å². The van der Waals surface area contributed by atoms with Crippen LogP contribution in [0.1, 0.15) is 24.5 Å². The zero-order valence-electron chi connectivity index (χ0n) is 12.1. The lowest BCUT2D eigenvalue weighted by Gasteiger charge is -2.13. The van der Waals surface area contributed by atoms with Gasteiger partial charge in [-0.2, -0.15) is 0 Å². The Morgan fingerprint density at radius 1 is 1.00 bits per heavy atom. The minimum absolute atomic E-state index is 0.173. The van der Waals surface area contributed by atoms with Gasteiger partial charge in [0.2, 0.25) is 0 Å². The summed E-state index contributed by atoms with van der Waals surface area (Å²) in [6.45, 7) is 5.23. The smallest absolute Gasteiger partial charge is 0.136 e. The first-order valence-electron chi connectivity index (χ1n) is 6.98. The van der Waals surface area contributed by atoms with Gasteiger partial charge in [-0.05, 0) is 31.0 Å². The predicted octanol–water partition coefficient (Wildman–Crippen LogP) is 4.58. The first-order valence-corrected chi connectivity index (χ1v) is 6.98. The molecule has 1 N–H and O–H groups in total. The van der Waals surface area contributed by atoms with Gasteiger partial charge in [0.15, 0.2) is 0 Å². The van der Waals surface area contributed by atoms with Gasteiger partial charge < -0.3 is 5.32 Å². The van der Waals surface area contributed by atoms with Crippen molar-refractivity contribution >= 4 is 0 Å². The fraction of sp³-hybridized carbons (Fsp3) is 0.294. The standard InChI is InChI=1S/C17H18F3N/c1-3-6-21-10-12-5-4-11(2)7-14(12)17-15(19)8-13(18)9-16(17)20/h4-5,7-9,21H,3,6,10H2,1-2H3. The van der Waals surface area contributed by atoms with Crippen LogP contribution in [0.5, 0.6) is 0 Å². The Balaban J connectivity index is 2.49. The summed E-state index contributed by atoms with van der Waals surface area (Å²) in [4.78, 5) is 0. The lowest BCUT2D eigenvalue weighted by molar-refractivity contribution is 0.547. The molecule has 21 heavy (non-hydrogen) atoms. The van der Waals surface area contributed by atoms with Crippen molar-refractivity contribution in [1.29, 1.82) is 0 Å². The molecule has 1 nitrogen and oxygen atoms in total. The molecule has 0 saturated carbocycles. The van der Waals surface area contributed by atoms with Gasteiger partial charge in [0.25, 0.3) is 0 Å². The van der Waals surface area contributed by atoms with Gasteiger partial charge in [-0.25, -0.2) is 13.2 Å². The predicted molar refractivity (Wildman–Crippen MR) is 78.5 cm³/mol. The van der Waals surface area contributed by atoms with Crippen LogP contribution in [0.25, 0.3) is 11.1 Å². The lowest BCUT2D eigenvalue weighted by Crippen LogP contribution is -2.14. The van der Waals surface area contributed by atoms with Crippen LogP contribution in [0.4, 0.5) is 13.2 Å². The number of hydrogen-bond donors (Lipinski definition) is 1. The highest BCUT2D eigenvalue weighted by Crippen LogP contribution is 2.30. The van der Waals surface area contributed by atoms with E-state index in [1.54, 1.807) is 6.07 Å². The average Bonchev–Trinajstić information content (AvgIpc) is 2.40. The van der Waals surface area contributed by atoms with Crippen LogP contribution in [0.15, 0.2) is 30.3 Å². The molecule has 0 bridgehead atoms. The lowest BCUT2D eigenvalue weighted by atomic mass is 9.96. The fourth-order valence-electron chi connectivity index (χ4n) is 2.28. The van der Waals surface area contributed by atoms with Crippen LogP contribution < -0.4 is 5.32 Å². The Bertz CT molecular complexity index is 615. The molecular formula is C17H18F3N. The van der Waals surface area contributed by atoms with E-state index in [4.69, 9.17) is 0 Å². The second-order valence-electron chi connectivity index (χ2n) is 5.08. The SMILES string of the molecule is CCCNCc1ccc(C)cc1-c1c(F)cc(F)cc1F. The Labute approximate surface area is 122 Å². The number of nitrogens with one attached hydrogen (secondary N) is 1. The van der Waals surface area contributed by atoms with Gasteiger partial charge in [0.05, 0.1) is 5.56 Å². The monoisotopic (exact) mass is 293 g/mol. The molecule has 4 heteroatoms. The number of hydrogen-bond acceptors (Lipinski definition) is 1. The van der Waals surface area contributed by atoms with Gasteiger partial charge in [0.1, 0.15) is 17.5 Å². The van der Waals surface area contributed by atoms with Crippen LogP contribution >= 0.6 is 0 Å². The van der Waals surface area contributed by atoms with E-state index in [2.05, 4.69) is 5.32 Å². The van der Waals surface area contributed by atoms with E-state index in [9.17, 15) is 13.2 Å². The van der Waals surface area contributed by atoms with Crippen molar-refractivity contribution in [2.24, 2.45) is 0 Å².